The van der Waals surface area contributed by atoms with Gasteiger partial charge in [-0.2, -0.15) is 5.10 Å². The summed E-state index contributed by atoms with van der Waals surface area (Å²) in [5.41, 5.74) is 2.64. The van der Waals surface area contributed by atoms with E-state index in [1.807, 2.05) is 10.9 Å². The molecule has 0 bridgehead atoms. The minimum Gasteiger partial charge on any atom is -0.313 e. The quantitative estimate of drug-likeness (QED) is 0.717. The van der Waals surface area contributed by atoms with E-state index in [1.165, 1.54) is 17.6 Å². The van der Waals surface area contributed by atoms with Crippen LogP contribution in [0.1, 0.15) is 39.2 Å². The largest absolute Gasteiger partial charge is 0.313 e. The Morgan fingerprint density at radius 2 is 2.25 bits per heavy atom. The maximum absolute atomic E-state index is 4.27. The van der Waals surface area contributed by atoms with Gasteiger partial charge in [-0.25, -0.2) is 0 Å². The molecule has 0 saturated heterocycles. The number of aryl methyl sites for hydroxylation is 1. The zero-order chi connectivity index (χ0) is 11.8. The Hall–Kier alpha value is -1.09. The van der Waals surface area contributed by atoms with Crippen LogP contribution in [0, 0.1) is 0 Å². The van der Waals surface area contributed by atoms with Crippen LogP contribution in [-0.4, -0.2) is 22.9 Å². The lowest BCUT2D eigenvalue weighted by atomic mass is 10.1. The van der Waals surface area contributed by atoms with Crippen molar-refractivity contribution in [3.63, 3.8) is 0 Å². The molecule has 1 heterocycles. The Labute approximate surface area is 98.5 Å². The molecule has 1 aromatic rings. The molecule has 16 heavy (non-hydrogen) atoms. The molecule has 0 aliphatic heterocycles. The van der Waals surface area contributed by atoms with E-state index >= 15 is 0 Å². The summed E-state index contributed by atoms with van der Waals surface area (Å²) in [5, 5.41) is 7.70. The third kappa shape index (κ3) is 4.19. The van der Waals surface area contributed by atoms with E-state index in [-0.39, 0.29) is 0 Å². The summed E-state index contributed by atoms with van der Waals surface area (Å²) in [6.45, 7) is 9.50. The predicted molar refractivity (Wildman–Crippen MR) is 69.3 cm³/mol. The second-order valence-electron chi connectivity index (χ2n) is 3.96. The molecule has 0 atom stereocenters. The second kappa shape index (κ2) is 7.23. The monoisotopic (exact) mass is 221 g/mol. The number of rotatable bonds is 7. The second-order valence-corrected chi connectivity index (χ2v) is 3.96. The number of nitrogens with zero attached hydrogens (tertiary/aromatic N) is 2. The van der Waals surface area contributed by atoms with Gasteiger partial charge < -0.3 is 5.32 Å². The zero-order valence-corrected chi connectivity index (χ0v) is 10.7. The summed E-state index contributed by atoms with van der Waals surface area (Å²) in [4.78, 5) is 0. The van der Waals surface area contributed by atoms with Crippen LogP contribution in [0.15, 0.2) is 18.0 Å². The molecule has 0 amide bonds. The van der Waals surface area contributed by atoms with Crippen molar-refractivity contribution < 1.29 is 0 Å². The average molecular weight is 221 g/mol. The van der Waals surface area contributed by atoms with Crippen molar-refractivity contribution in [1.29, 1.82) is 0 Å². The maximum Gasteiger partial charge on any atom is 0.0562 e. The molecule has 0 aliphatic carbocycles. The van der Waals surface area contributed by atoms with Crippen molar-refractivity contribution in [1.82, 2.24) is 15.1 Å². The van der Waals surface area contributed by atoms with Gasteiger partial charge >= 0.3 is 0 Å². The van der Waals surface area contributed by atoms with Crippen molar-refractivity contribution in [2.45, 2.75) is 40.2 Å². The van der Waals surface area contributed by atoms with E-state index < -0.39 is 0 Å². The molecule has 3 nitrogen and oxygen atoms in total. The summed E-state index contributed by atoms with van der Waals surface area (Å²) < 4.78 is 1.96. The summed E-state index contributed by atoms with van der Waals surface area (Å²) in [6.07, 6.45) is 8.54. The molecule has 0 saturated carbocycles. The van der Waals surface area contributed by atoms with Gasteiger partial charge in [0.15, 0.2) is 0 Å². The van der Waals surface area contributed by atoms with Crippen LogP contribution < -0.4 is 5.32 Å². The van der Waals surface area contributed by atoms with Crippen LogP contribution in [0.3, 0.4) is 0 Å². The Morgan fingerprint density at radius 3 is 2.81 bits per heavy atom. The molecule has 0 fully saturated rings. The zero-order valence-electron chi connectivity index (χ0n) is 10.7. The van der Waals surface area contributed by atoms with E-state index in [1.54, 1.807) is 0 Å². The van der Waals surface area contributed by atoms with Crippen molar-refractivity contribution in [2.24, 2.45) is 0 Å². The summed E-state index contributed by atoms with van der Waals surface area (Å²) in [7, 11) is 0. The molecule has 3 heteroatoms. The molecule has 90 valence electrons. The minimum absolute atomic E-state index is 0.934. The fourth-order valence-electron chi connectivity index (χ4n) is 1.57. The van der Waals surface area contributed by atoms with Crippen LogP contribution in [0.2, 0.25) is 0 Å². The van der Waals surface area contributed by atoms with Crippen molar-refractivity contribution >= 4 is 6.08 Å². The van der Waals surface area contributed by atoms with Crippen molar-refractivity contribution in [3.05, 3.63) is 23.5 Å². The smallest absolute Gasteiger partial charge is 0.0562 e. The first-order valence-electron chi connectivity index (χ1n) is 6.22. The van der Waals surface area contributed by atoms with Crippen LogP contribution in [0.5, 0.6) is 0 Å². The number of hydrogen-bond acceptors (Lipinski definition) is 2. The van der Waals surface area contributed by atoms with E-state index in [0.29, 0.717) is 0 Å². The van der Waals surface area contributed by atoms with Gasteiger partial charge in [0.25, 0.3) is 0 Å². The van der Waals surface area contributed by atoms with E-state index in [2.05, 4.69) is 43.5 Å². The third-order valence-corrected chi connectivity index (χ3v) is 2.58. The highest BCUT2D eigenvalue weighted by molar-refractivity contribution is 5.51. The maximum atomic E-state index is 4.27. The topological polar surface area (TPSA) is 29.9 Å². The fraction of sp³-hybridized carbons (Fsp3) is 0.615. The van der Waals surface area contributed by atoms with Gasteiger partial charge in [-0.3, -0.25) is 4.68 Å². The number of nitrogens with one attached hydrogen (secondary N) is 1. The highest BCUT2D eigenvalue weighted by Gasteiger charge is 1.97. The van der Waals surface area contributed by atoms with Gasteiger partial charge in [-0.15, -0.1) is 0 Å². The van der Waals surface area contributed by atoms with Crippen molar-refractivity contribution in [3.8, 4) is 0 Å². The molecule has 0 spiro atoms. The first-order chi connectivity index (χ1) is 7.80. The summed E-state index contributed by atoms with van der Waals surface area (Å²) in [5.74, 6) is 0. The van der Waals surface area contributed by atoms with Crippen LogP contribution >= 0.6 is 0 Å². The van der Waals surface area contributed by atoms with Gasteiger partial charge in [0, 0.05) is 24.8 Å². The van der Waals surface area contributed by atoms with Gasteiger partial charge in [0.05, 0.1) is 6.20 Å². The number of hydrogen-bond donors (Lipinski definition) is 1. The van der Waals surface area contributed by atoms with Gasteiger partial charge in [0.2, 0.25) is 0 Å². The Morgan fingerprint density at radius 1 is 1.44 bits per heavy atom. The SMILES string of the molecule is CCCNCC(=Cc1cnn(CC)c1)CC. The van der Waals surface area contributed by atoms with Gasteiger partial charge in [-0.05, 0) is 26.3 Å². The van der Waals surface area contributed by atoms with E-state index in [0.717, 1.165) is 26.1 Å². The first kappa shape index (κ1) is 13.0. The molecular weight excluding hydrogens is 198 g/mol. The van der Waals surface area contributed by atoms with Gasteiger partial charge in [-0.1, -0.05) is 25.5 Å². The highest BCUT2D eigenvalue weighted by atomic mass is 15.3. The highest BCUT2D eigenvalue weighted by Crippen LogP contribution is 2.08. The molecule has 0 aliphatic rings. The minimum atomic E-state index is 0.934. The van der Waals surface area contributed by atoms with Crippen LogP contribution in [-0.2, 0) is 6.54 Å². The summed E-state index contributed by atoms with van der Waals surface area (Å²) in [6, 6.07) is 0. The lowest BCUT2D eigenvalue weighted by Gasteiger charge is -2.05. The third-order valence-electron chi connectivity index (χ3n) is 2.58. The Kier molecular flexibility index (Phi) is 5.86. The lowest BCUT2D eigenvalue weighted by molar-refractivity contribution is 0.660. The summed E-state index contributed by atoms with van der Waals surface area (Å²) >= 11 is 0. The standard InChI is InChI=1S/C13H23N3/c1-4-7-14-9-12(5-2)8-13-10-15-16(6-3)11-13/h8,10-11,14H,4-7,9H2,1-3H3. The molecular formula is C13H23N3. The first-order valence-corrected chi connectivity index (χ1v) is 6.22. The number of aromatic nitrogens is 2. The van der Waals surface area contributed by atoms with Crippen molar-refractivity contribution in [2.75, 3.05) is 13.1 Å². The Balaban J connectivity index is 2.56. The van der Waals surface area contributed by atoms with E-state index in [4.69, 9.17) is 0 Å². The van der Waals surface area contributed by atoms with Gasteiger partial charge in [0.1, 0.15) is 0 Å². The molecule has 1 aromatic heterocycles. The van der Waals surface area contributed by atoms with Crippen LogP contribution in [0.25, 0.3) is 6.08 Å². The predicted octanol–water partition coefficient (Wildman–Crippen LogP) is 2.70. The molecule has 1 N–H and O–H groups in total. The van der Waals surface area contributed by atoms with E-state index in [9.17, 15) is 0 Å². The normalized spacial score (nSPS) is 12.1. The average Bonchev–Trinajstić information content (AvgIpc) is 2.75. The Bertz CT molecular complexity index is 326. The fourth-order valence-corrected chi connectivity index (χ4v) is 1.57. The molecule has 0 unspecified atom stereocenters. The van der Waals surface area contributed by atoms with Crippen LogP contribution in [0.4, 0.5) is 0 Å². The molecule has 1 rings (SSSR count). The molecule has 0 radical (unpaired) electrons. The lowest BCUT2D eigenvalue weighted by Crippen LogP contribution is -2.17. The molecule has 0 aromatic carbocycles.